The molecule has 5 aromatic heterocycles. The molecule has 0 unspecified atom stereocenters. The number of benzene rings is 17. The Morgan fingerprint density at radius 2 is 0.536 bits per heavy atom. The molecule has 0 atom stereocenters. The summed E-state index contributed by atoms with van der Waals surface area (Å²) < 4.78 is 16.1. The van der Waals surface area contributed by atoms with E-state index in [2.05, 4.69) is 392 Å². The summed E-state index contributed by atoms with van der Waals surface area (Å²) in [6.07, 6.45) is 0. The van der Waals surface area contributed by atoms with Crippen molar-refractivity contribution in [2.45, 2.75) is 0 Å². The van der Waals surface area contributed by atoms with Crippen molar-refractivity contribution < 1.29 is 0 Å². The van der Waals surface area contributed by atoms with Gasteiger partial charge in [-0.05, 0) is 187 Å². The first-order chi connectivity index (χ1) is 54.6. The third kappa shape index (κ3) is 7.73. The van der Waals surface area contributed by atoms with Gasteiger partial charge < -0.3 is 27.6 Å². The van der Waals surface area contributed by atoms with Crippen LogP contribution < -0.4 is 26.6 Å². The zero-order valence-corrected chi connectivity index (χ0v) is 59.5. The largest absolute Gasteiger partial charge is 0.444 e. The first kappa shape index (κ1) is 58.9. The summed E-state index contributed by atoms with van der Waals surface area (Å²) in [5.41, 5.74) is 38.5. The molecular formula is C102H60B2N6. The normalized spacial score (nSPS) is 13.0. The van der Waals surface area contributed by atoms with Gasteiger partial charge in [0.25, 0.3) is 0 Å². The summed E-state index contributed by atoms with van der Waals surface area (Å²) >= 11 is 0. The second-order valence-corrected chi connectivity index (χ2v) is 30.6. The molecule has 110 heavy (non-hydrogen) atoms. The van der Waals surface area contributed by atoms with Crippen LogP contribution in [-0.4, -0.2) is 36.5 Å². The van der Waals surface area contributed by atoms with E-state index in [0.717, 1.165) is 44.6 Å². The predicted octanol–water partition coefficient (Wildman–Crippen LogP) is 22.8. The van der Waals surface area contributed by atoms with Crippen LogP contribution in [0, 0.1) is 0 Å². The molecular weight excluding hydrogens is 1330 g/mol. The summed E-state index contributed by atoms with van der Waals surface area (Å²) in [5.74, 6) is 0. The zero-order chi connectivity index (χ0) is 71.3. The first-order valence-electron chi connectivity index (χ1n) is 38.4. The number of rotatable bonds is 7. The fourth-order valence-electron chi connectivity index (χ4n) is 20.7. The smallest absolute Gasteiger partial charge is 0.316 e. The van der Waals surface area contributed by atoms with Crippen LogP contribution in [0.2, 0.25) is 0 Å². The van der Waals surface area contributed by atoms with Crippen LogP contribution in [-0.2, 0) is 0 Å². The van der Waals surface area contributed by atoms with Crippen molar-refractivity contribution >= 4 is 150 Å². The Morgan fingerprint density at radius 3 is 0.964 bits per heavy atom. The van der Waals surface area contributed by atoms with Gasteiger partial charge >= 0.3 is 13.7 Å². The molecule has 9 heterocycles. The molecule has 0 bridgehead atoms. The lowest BCUT2D eigenvalue weighted by atomic mass is 9.32. The SMILES string of the molecule is c1ccc(-c2ccc3c(c2)c2cc(-c4ccccc4)ccc2n3-c2cc3c4c(c2)-n2c5ccccc5c5cccc(c52)B4N2B4c5c(cc(-n6c7ccc(-c8ccccc8)cc7c7cc(-c8ccccc8)ccc76)cc5-n5c6ccccc6c6cccc4c65)-c4c2c-3cc2c3ccccc3n(-c3ccccc3)c42)cc1. The number of nitrogens with zero attached hydrogens (tertiary/aromatic N) is 6. The average molecular weight is 1390 g/mol. The van der Waals surface area contributed by atoms with Crippen molar-refractivity contribution in [2.24, 2.45) is 0 Å². The maximum absolute atomic E-state index is 2.97. The van der Waals surface area contributed by atoms with Gasteiger partial charge in [0.05, 0.1) is 55.2 Å². The number of hydrogen-bond donors (Lipinski definition) is 0. The molecule has 8 heteroatoms. The van der Waals surface area contributed by atoms with Gasteiger partial charge in [0.15, 0.2) is 0 Å². The molecule has 0 spiro atoms. The van der Waals surface area contributed by atoms with Gasteiger partial charge in [-0.25, -0.2) is 0 Å². The molecule has 504 valence electrons. The summed E-state index contributed by atoms with van der Waals surface area (Å²) in [5, 5.41) is 12.3. The van der Waals surface area contributed by atoms with E-state index in [4.69, 9.17) is 0 Å². The molecule has 26 rings (SSSR count). The van der Waals surface area contributed by atoms with E-state index in [1.807, 2.05) is 0 Å². The molecule has 6 nitrogen and oxygen atoms in total. The van der Waals surface area contributed by atoms with Crippen LogP contribution in [0.4, 0.5) is 5.69 Å². The van der Waals surface area contributed by atoms with E-state index in [1.54, 1.807) is 0 Å². The van der Waals surface area contributed by atoms with Crippen LogP contribution in [0.5, 0.6) is 0 Å². The average Bonchev–Trinajstić information content (AvgIpc) is 1.35. The monoisotopic (exact) mass is 1390 g/mol. The second kappa shape index (κ2) is 21.7. The summed E-state index contributed by atoms with van der Waals surface area (Å²) in [4.78, 5) is 0. The van der Waals surface area contributed by atoms with Gasteiger partial charge in [0.2, 0.25) is 0 Å². The van der Waals surface area contributed by atoms with Gasteiger partial charge in [-0.15, -0.1) is 0 Å². The molecule has 17 aromatic carbocycles. The Balaban J connectivity index is 0.846. The van der Waals surface area contributed by atoms with Crippen molar-refractivity contribution in [2.75, 3.05) is 4.72 Å². The Bertz CT molecular complexity index is 7630. The minimum Gasteiger partial charge on any atom is -0.444 e. The van der Waals surface area contributed by atoms with Crippen LogP contribution in [0.3, 0.4) is 0 Å². The molecule has 4 aliphatic heterocycles. The fraction of sp³-hybridized carbons (Fsp3) is 0. The highest BCUT2D eigenvalue weighted by Gasteiger charge is 2.54. The molecule has 22 aromatic rings. The van der Waals surface area contributed by atoms with E-state index in [0.29, 0.717) is 0 Å². The van der Waals surface area contributed by atoms with Gasteiger partial charge in [-0.3, -0.25) is 0 Å². The lowest BCUT2D eigenvalue weighted by molar-refractivity contribution is 1.13. The van der Waals surface area contributed by atoms with E-state index < -0.39 is 0 Å². The number of aromatic nitrogens is 5. The van der Waals surface area contributed by atoms with Crippen molar-refractivity contribution in [3.8, 4) is 95.2 Å². The van der Waals surface area contributed by atoms with Crippen LogP contribution >= 0.6 is 0 Å². The van der Waals surface area contributed by atoms with Gasteiger partial charge in [-0.1, -0.05) is 255 Å². The molecule has 0 aliphatic carbocycles. The number of anilines is 1. The topological polar surface area (TPSA) is 27.9 Å². The van der Waals surface area contributed by atoms with Gasteiger partial charge in [0.1, 0.15) is 0 Å². The van der Waals surface area contributed by atoms with E-state index in [1.165, 1.54) is 187 Å². The van der Waals surface area contributed by atoms with Crippen LogP contribution in [0.15, 0.2) is 364 Å². The highest BCUT2D eigenvalue weighted by molar-refractivity contribution is 7.09. The van der Waals surface area contributed by atoms with Gasteiger partial charge in [0, 0.05) is 99.1 Å². The highest BCUT2D eigenvalue weighted by Crippen LogP contribution is 2.56. The molecule has 0 radical (unpaired) electrons. The number of para-hydroxylation sites is 6. The maximum atomic E-state index is 2.97. The Labute approximate surface area is 632 Å². The molecule has 0 N–H and O–H groups in total. The Morgan fingerprint density at radius 1 is 0.191 bits per heavy atom. The van der Waals surface area contributed by atoms with Crippen LogP contribution in [0.25, 0.3) is 204 Å². The lowest BCUT2D eigenvalue weighted by Crippen LogP contribution is -2.74. The van der Waals surface area contributed by atoms with E-state index in [-0.39, 0.29) is 13.7 Å². The molecule has 0 amide bonds. The van der Waals surface area contributed by atoms with Crippen molar-refractivity contribution in [3.63, 3.8) is 0 Å². The van der Waals surface area contributed by atoms with E-state index >= 15 is 0 Å². The minimum absolute atomic E-state index is 0.264. The standard InChI is InChI=1S/C102H60B2N6/c1-6-24-61(25-7-1)65-44-48-90-77(52-65)78-53-66(62-26-8-2-9-27-62)45-49-91(78)105(90)70-56-81-83-60-82-74-36-18-19-41-87(74)107(69-32-14-5-15-33-69)101(82)96-84-57-71(106-92-50-46-67(63-28-10-3-11-29-63)54-79(92)80-55-68(47-51-93(80)106)64-30-12-4-13-31-64)59-95-98(84)104(86-40-23-38-76-73-35-17-21-43-89(73)109(95)100(76)86)110(102(83)96)103-85-39-22-37-75-72-34-16-20-42-88(72)108(99(75)85)94(58-70)97(81)103/h1-60H. The molecule has 4 aliphatic rings. The van der Waals surface area contributed by atoms with E-state index in [9.17, 15) is 0 Å². The first-order valence-corrected chi connectivity index (χ1v) is 38.4. The van der Waals surface area contributed by atoms with Gasteiger partial charge in [-0.2, -0.15) is 0 Å². The fourth-order valence-corrected chi connectivity index (χ4v) is 20.7. The second-order valence-electron chi connectivity index (χ2n) is 30.6. The lowest BCUT2D eigenvalue weighted by Gasteiger charge is -2.50. The quantitative estimate of drug-likeness (QED) is 0.146. The van der Waals surface area contributed by atoms with Crippen LogP contribution in [0.1, 0.15) is 0 Å². The minimum atomic E-state index is -0.264. The predicted molar refractivity (Wildman–Crippen MR) is 463 cm³/mol. The summed E-state index contributed by atoms with van der Waals surface area (Å²) in [6, 6.07) is 138. The Kier molecular flexibility index (Phi) is 11.6. The molecule has 0 saturated heterocycles. The summed E-state index contributed by atoms with van der Waals surface area (Å²) in [6.45, 7) is -0.528. The maximum Gasteiger partial charge on any atom is 0.316 e. The van der Waals surface area contributed by atoms with Crippen molar-refractivity contribution in [1.29, 1.82) is 0 Å². The molecule has 0 fully saturated rings. The third-order valence-corrected chi connectivity index (χ3v) is 25.2. The zero-order valence-electron chi connectivity index (χ0n) is 59.5. The highest BCUT2D eigenvalue weighted by atomic mass is 15.1. The summed E-state index contributed by atoms with van der Waals surface area (Å²) in [7, 11) is 0. The number of fused-ring (bicyclic) bond motifs is 24. The number of hydrogen-bond acceptors (Lipinski definition) is 1. The molecule has 0 saturated carbocycles. The van der Waals surface area contributed by atoms with Crippen molar-refractivity contribution in [3.05, 3.63) is 364 Å². The van der Waals surface area contributed by atoms with Crippen molar-refractivity contribution in [1.82, 2.24) is 22.8 Å². The Hall–Kier alpha value is -14.3. The third-order valence-electron chi connectivity index (χ3n) is 25.2.